The summed E-state index contributed by atoms with van der Waals surface area (Å²) in [7, 11) is -3.54. The molecule has 2 N–H and O–H groups in total. The van der Waals surface area contributed by atoms with Crippen LogP contribution < -0.4 is 10.6 Å². The SMILES string of the molecule is CC(C)c1noc(CCCNC(=O)Nc2cccc(S(=O)(=O)N3CCCCC3)c2)n1. The molecule has 2 amide bonds. The van der Waals surface area contributed by atoms with Crippen LogP contribution in [0.5, 0.6) is 0 Å². The number of aromatic nitrogens is 2. The number of rotatable bonds is 8. The fourth-order valence-corrected chi connectivity index (χ4v) is 4.77. The fourth-order valence-electron chi connectivity index (χ4n) is 3.21. The zero-order valence-electron chi connectivity index (χ0n) is 17.4. The summed E-state index contributed by atoms with van der Waals surface area (Å²) >= 11 is 0. The minimum atomic E-state index is -3.54. The van der Waals surface area contributed by atoms with Gasteiger partial charge in [-0.1, -0.05) is 31.5 Å². The van der Waals surface area contributed by atoms with Crippen LogP contribution in [0.4, 0.5) is 10.5 Å². The van der Waals surface area contributed by atoms with Crippen LogP contribution in [0, 0.1) is 0 Å². The molecule has 0 atom stereocenters. The normalized spacial score (nSPS) is 15.3. The number of carbonyl (C=O) groups is 1. The van der Waals surface area contributed by atoms with Gasteiger partial charge in [-0.2, -0.15) is 9.29 Å². The van der Waals surface area contributed by atoms with E-state index in [-0.39, 0.29) is 10.8 Å². The van der Waals surface area contributed by atoms with Gasteiger partial charge in [0.1, 0.15) is 0 Å². The first-order chi connectivity index (χ1) is 14.4. The lowest BCUT2D eigenvalue weighted by molar-refractivity contribution is 0.251. The maximum Gasteiger partial charge on any atom is 0.319 e. The van der Waals surface area contributed by atoms with Crippen molar-refractivity contribution in [1.29, 1.82) is 0 Å². The highest BCUT2D eigenvalue weighted by Crippen LogP contribution is 2.22. The van der Waals surface area contributed by atoms with Crippen LogP contribution >= 0.6 is 0 Å². The molecule has 30 heavy (non-hydrogen) atoms. The Labute approximate surface area is 177 Å². The molecule has 0 radical (unpaired) electrons. The Balaban J connectivity index is 1.48. The van der Waals surface area contributed by atoms with Crippen molar-refractivity contribution in [3.8, 4) is 0 Å². The fraction of sp³-hybridized carbons (Fsp3) is 0.550. The summed E-state index contributed by atoms with van der Waals surface area (Å²) in [5, 5.41) is 9.35. The number of aryl methyl sites for hydroxylation is 1. The number of nitrogens with zero attached hydrogens (tertiary/aromatic N) is 3. The molecule has 1 saturated heterocycles. The van der Waals surface area contributed by atoms with Gasteiger partial charge in [0.15, 0.2) is 5.82 Å². The van der Waals surface area contributed by atoms with E-state index in [0.717, 1.165) is 19.3 Å². The van der Waals surface area contributed by atoms with E-state index in [4.69, 9.17) is 4.52 Å². The van der Waals surface area contributed by atoms with Gasteiger partial charge < -0.3 is 15.2 Å². The first-order valence-corrected chi connectivity index (χ1v) is 11.8. The molecule has 1 aromatic heterocycles. The molecular formula is C20H29N5O4S. The Morgan fingerprint density at radius 3 is 2.70 bits per heavy atom. The molecule has 2 aromatic rings. The minimum absolute atomic E-state index is 0.194. The van der Waals surface area contributed by atoms with Crippen molar-refractivity contribution in [1.82, 2.24) is 19.8 Å². The second-order valence-electron chi connectivity index (χ2n) is 7.68. The molecule has 1 fully saturated rings. The van der Waals surface area contributed by atoms with E-state index in [1.165, 1.54) is 10.4 Å². The molecule has 10 heteroatoms. The molecule has 2 heterocycles. The van der Waals surface area contributed by atoms with Crippen molar-refractivity contribution < 1.29 is 17.7 Å². The summed E-state index contributed by atoms with van der Waals surface area (Å²) in [5.74, 6) is 1.44. The molecule has 0 spiro atoms. The quantitative estimate of drug-likeness (QED) is 0.615. The second kappa shape index (κ2) is 10.0. The average molecular weight is 436 g/mol. The maximum absolute atomic E-state index is 12.8. The van der Waals surface area contributed by atoms with E-state index in [0.29, 0.717) is 49.9 Å². The predicted octanol–water partition coefficient (Wildman–Crippen LogP) is 3.12. The molecule has 0 bridgehead atoms. The van der Waals surface area contributed by atoms with E-state index in [1.54, 1.807) is 18.2 Å². The van der Waals surface area contributed by atoms with Crippen molar-refractivity contribution in [3.05, 3.63) is 36.0 Å². The number of urea groups is 1. The van der Waals surface area contributed by atoms with Crippen LogP contribution in [0.2, 0.25) is 0 Å². The van der Waals surface area contributed by atoms with E-state index in [9.17, 15) is 13.2 Å². The molecule has 3 rings (SSSR count). The number of hydrogen-bond acceptors (Lipinski definition) is 6. The molecule has 1 aliphatic rings. The van der Waals surface area contributed by atoms with Crippen molar-refractivity contribution >= 4 is 21.7 Å². The highest BCUT2D eigenvalue weighted by atomic mass is 32.2. The van der Waals surface area contributed by atoms with Crippen molar-refractivity contribution in [2.75, 3.05) is 25.0 Å². The number of nitrogens with one attached hydrogen (secondary N) is 2. The molecule has 0 saturated carbocycles. The molecule has 0 unspecified atom stereocenters. The van der Waals surface area contributed by atoms with Crippen LogP contribution in [-0.4, -0.2) is 48.5 Å². The van der Waals surface area contributed by atoms with Gasteiger partial charge in [-0.15, -0.1) is 0 Å². The first-order valence-electron chi connectivity index (χ1n) is 10.3. The Hall–Kier alpha value is -2.46. The number of hydrogen-bond donors (Lipinski definition) is 2. The maximum atomic E-state index is 12.8. The zero-order valence-corrected chi connectivity index (χ0v) is 18.2. The average Bonchev–Trinajstić information content (AvgIpc) is 3.21. The number of anilines is 1. The Bertz CT molecular complexity index is 952. The van der Waals surface area contributed by atoms with Crippen molar-refractivity contribution in [2.24, 2.45) is 0 Å². The van der Waals surface area contributed by atoms with Gasteiger partial charge in [-0.25, -0.2) is 13.2 Å². The first kappa shape index (κ1) is 22.2. The third-order valence-corrected chi connectivity index (χ3v) is 6.79. The topological polar surface area (TPSA) is 117 Å². The third-order valence-electron chi connectivity index (χ3n) is 4.90. The molecule has 0 aliphatic carbocycles. The van der Waals surface area contributed by atoms with Gasteiger partial charge in [0, 0.05) is 37.7 Å². The van der Waals surface area contributed by atoms with Crippen LogP contribution in [0.25, 0.3) is 0 Å². The Kier molecular flexibility index (Phi) is 7.43. The van der Waals surface area contributed by atoms with Crippen LogP contribution in [0.3, 0.4) is 0 Å². The number of piperidine rings is 1. The monoisotopic (exact) mass is 435 g/mol. The van der Waals surface area contributed by atoms with Crippen LogP contribution in [-0.2, 0) is 16.4 Å². The lowest BCUT2D eigenvalue weighted by Gasteiger charge is -2.26. The molecule has 164 valence electrons. The van der Waals surface area contributed by atoms with Gasteiger partial charge in [0.05, 0.1) is 4.90 Å². The molecule has 1 aliphatic heterocycles. The molecule has 1 aromatic carbocycles. The van der Waals surface area contributed by atoms with Crippen LogP contribution in [0.1, 0.15) is 57.2 Å². The summed E-state index contributed by atoms with van der Waals surface area (Å²) in [6.07, 6.45) is 4.03. The standard InChI is InChI=1S/C20H29N5O4S/c1-15(2)19-23-18(29-24-19)10-7-11-21-20(26)22-16-8-6-9-17(14-16)30(27,28)25-12-4-3-5-13-25/h6,8-9,14-15H,3-5,7,10-13H2,1-2H3,(H2,21,22,26). The summed E-state index contributed by atoms with van der Waals surface area (Å²) in [4.78, 5) is 16.6. The third kappa shape index (κ3) is 5.79. The summed E-state index contributed by atoms with van der Waals surface area (Å²) in [6, 6.07) is 5.96. The lowest BCUT2D eigenvalue weighted by Crippen LogP contribution is -2.35. The predicted molar refractivity (Wildman–Crippen MR) is 113 cm³/mol. The van der Waals surface area contributed by atoms with E-state index in [1.807, 2.05) is 13.8 Å². The highest BCUT2D eigenvalue weighted by molar-refractivity contribution is 7.89. The Morgan fingerprint density at radius 1 is 1.23 bits per heavy atom. The molecular weight excluding hydrogens is 406 g/mol. The van der Waals surface area contributed by atoms with E-state index in [2.05, 4.69) is 20.8 Å². The highest BCUT2D eigenvalue weighted by Gasteiger charge is 2.26. The van der Waals surface area contributed by atoms with Gasteiger partial charge in [-0.3, -0.25) is 0 Å². The van der Waals surface area contributed by atoms with Gasteiger partial charge in [0.25, 0.3) is 0 Å². The van der Waals surface area contributed by atoms with Crippen LogP contribution in [0.15, 0.2) is 33.7 Å². The smallest absolute Gasteiger partial charge is 0.319 e. The van der Waals surface area contributed by atoms with Gasteiger partial charge in [0.2, 0.25) is 15.9 Å². The van der Waals surface area contributed by atoms with E-state index < -0.39 is 16.1 Å². The summed E-state index contributed by atoms with van der Waals surface area (Å²) in [6.45, 7) is 5.50. The minimum Gasteiger partial charge on any atom is -0.339 e. The van der Waals surface area contributed by atoms with Gasteiger partial charge in [-0.05, 0) is 37.5 Å². The Morgan fingerprint density at radius 2 is 2.00 bits per heavy atom. The largest absolute Gasteiger partial charge is 0.339 e. The van der Waals surface area contributed by atoms with Crippen molar-refractivity contribution in [3.63, 3.8) is 0 Å². The summed E-state index contributed by atoms with van der Waals surface area (Å²) < 4.78 is 32.3. The van der Waals surface area contributed by atoms with Crippen molar-refractivity contribution in [2.45, 2.75) is 56.8 Å². The number of sulfonamides is 1. The number of benzene rings is 1. The lowest BCUT2D eigenvalue weighted by atomic mass is 10.2. The van der Waals surface area contributed by atoms with E-state index >= 15 is 0 Å². The second-order valence-corrected chi connectivity index (χ2v) is 9.62. The zero-order chi connectivity index (χ0) is 21.6. The number of amides is 2. The number of carbonyl (C=O) groups excluding carboxylic acids is 1. The van der Waals surface area contributed by atoms with Gasteiger partial charge >= 0.3 is 6.03 Å². The molecule has 9 nitrogen and oxygen atoms in total. The summed E-state index contributed by atoms with van der Waals surface area (Å²) in [5.41, 5.74) is 0.434.